The van der Waals surface area contributed by atoms with E-state index >= 15 is 0 Å². The Morgan fingerprint density at radius 1 is 1.19 bits per heavy atom. The van der Waals surface area contributed by atoms with Gasteiger partial charge in [-0.2, -0.15) is 0 Å². The number of anilines is 2. The lowest BCUT2D eigenvalue weighted by molar-refractivity contribution is 0.158. The zero-order valence-corrected chi connectivity index (χ0v) is 10.2. The van der Waals surface area contributed by atoms with Crippen molar-refractivity contribution >= 4 is 11.6 Å². The number of rotatable bonds is 7. The Labute approximate surface area is 96.6 Å². The first-order chi connectivity index (χ1) is 7.76. The average Bonchev–Trinajstić information content (AvgIpc) is 2.24. The Kier molecular flexibility index (Phi) is 5.56. The van der Waals surface area contributed by atoms with Gasteiger partial charge in [0, 0.05) is 25.8 Å². The Morgan fingerprint density at radius 3 is 2.50 bits per heavy atom. The van der Waals surface area contributed by atoms with Crippen LogP contribution >= 0.6 is 0 Å². The minimum absolute atomic E-state index is 0.691. The highest BCUT2D eigenvalue weighted by atomic mass is 16.5. The molecule has 1 aromatic rings. The summed E-state index contributed by atoms with van der Waals surface area (Å²) in [5.74, 6) is 2.45. The van der Waals surface area contributed by atoms with Crippen LogP contribution in [0.25, 0.3) is 0 Å². The highest BCUT2D eigenvalue weighted by molar-refractivity contribution is 5.47. The second kappa shape index (κ2) is 7.00. The number of nitrogens with one attached hydrogen (secondary N) is 2. The lowest BCUT2D eigenvalue weighted by atomic mass is 10.4. The number of aromatic nitrogens is 2. The van der Waals surface area contributed by atoms with Crippen LogP contribution in [-0.4, -0.2) is 36.3 Å². The molecule has 0 aliphatic heterocycles. The quantitative estimate of drug-likeness (QED) is 0.690. The molecule has 1 heterocycles. The molecule has 0 aromatic carbocycles. The molecule has 0 atom stereocenters. The van der Waals surface area contributed by atoms with E-state index in [1.54, 1.807) is 0 Å². The molecular weight excluding hydrogens is 204 g/mol. The zero-order valence-electron chi connectivity index (χ0n) is 10.2. The third kappa shape index (κ3) is 4.44. The van der Waals surface area contributed by atoms with Gasteiger partial charge in [0.15, 0.2) is 0 Å². The van der Waals surface area contributed by atoms with Gasteiger partial charge in [-0.1, -0.05) is 0 Å². The predicted molar refractivity (Wildman–Crippen MR) is 65.9 cm³/mol. The van der Waals surface area contributed by atoms with E-state index in [1.165, 1.54) is 0 Å². The van der Waals surface area contributed by atoms with Crippen molar-refractivity contribution in [2.75, 3.05) is 36.9 Å². The fourth-order valence-corrected chi connectivity index (χ4v) is 1.33. The van der Waals surface area contributed by atoms with Crippen LogP contribution in [-0.2, 0) is 4.74 Å². The number of ether oxygens (including phenoxy) is 1. The minimum Gasteiger partial charge on any atom is -0.380 e. The van der Waals surface area contributed by atoms with Crippen molar-refractivity contribution in [1.29, 1.82) is 0 Å². The molecule has 0 saturated heterocycles. The first-order valence-electron chi connectivity index (χ1n) is 5.67. The van der Waals surface area contributed by atoms with E-state index in [2.05, 4.69) is 20.6 Å². The number of hydrogen-bond acceptors (Lipinski definition) is 5. The molecule has 0 spiro atoms. The van der Waals surface area contributed by atoms with Crippen molar-refractivity contribution in [3.05, 3.63) is 11.9 Å². The summed E-state index contributed by atoms with van der Waals surface area (Å²) in [5.41, 5.74) is 0. The molecule has 0 amide bonds. The third-order valence-electron chi connectivity index (χ3n) is 1.95. The largest absolute Gasteiger partial charge is 0.380 e. The van der Waals surface area contributed by atoms with Gasteiger partial charge in [0.05, 0.1) is 6.61 Å². The number of aryl methyl sites for hydroxylation is 1. The summed E-state index contributed by atoms with van der Waals surface area (Å²) in [7, 11) is 0. The first kappa shape index (κ1) is 12.7. The molecule has 0 aliphatic carbocycles. The second-order valence-corrected chi connectivity index (χ2v) is 3.34. The van der Waals surface area contributed by atoms with Crippen molar-refractivity contribution in [3.63, 3.8) is 0 Å². The van der Waals surface area contributed by atoms with Crippen molar-refractivity contribution in [2.45, 2.75) is 20.8 Å². The van der Waals surface area contributed by atoms with Gasteiger partial charge in [0.2, 0.25) is 0 Å². The normalized spacial score (nSPS) is 10.2. The fourth-order valence-electron chi connectivity index (χ4n) is 1.33. The number of nitrogens with zero attached hydrogens (tertiary/aromatic N) is 2. The second-order valence-electron chi connectivity index (χ2n) is 3.34. The van der Waals surface area contributed by atoms with E-state index < -0.39 is 0 Å². The maximum atomic E-state index is 5.24. The highest BCUT2D eigenvalue weighted by Gasteiger charge is 2.00. The lowest BCUT2D eigenvalue weighted by Crippen LogP contribution is -2.11. The Morgan fingerprint density at radius 2 is 1.88 bits per heavy atom. The molecule has 0 bridgehead atoms. The third-order valence-corrected chi connectivity index (χ3v) is 1.95. The van der Waals surface area contributed by atoms with Crippen molar-refractivity contribution in [2.24, 2.45) is 0 Å². The van der Waals surface area contributed by atoms with E-state index in [-0.39, 0.29) is 0 Å². The Bertz CT molecular complexity index is 317. The minimum atomic E-state index is 0.691. The summed E-state index contributed by atoms with van der Waals surface area (Å²) in [4.78, 5) is 8.57. The van der Waals surface area contributed by atoms with Gasteiger partial charge in [-0.3, -0.25) is 0 Å². The lowest BCUT2D eigenvalue weighted by Gasteiger charge is -2.09. The van der Waals surface area contributed by atoms with Crippen molar-refractivity contribution < 1.29 is 4.74 Å². The maximum Gasteiger partial charge on any atom is 0.131 e. The molecule has 5 nitrogen and oxygen atoms in total. The van der Waals surface area contributed by atoms with Crippen LogP contribution in [0.4, 0.5) is 11.6 Å². The first-order valence-corrected chi connectivity index (χ1v) is 5.67. The van der Waals surface area contributed by atoms with Gasteiger partial charge in [0.1, 0.15) is 17.5 Å². The van der Waals surface area contributed by atoms with Gasteiger partial charge < -0.3 is 15.4 Å². The van der Waals surface area contributed by atoms with Crippen molar-refractivity contribution in [3.8, 4) is 0 Å². The van der Waals surface area contributed by atoms with Crippen LogP contribution in [0.5, 0.6) is 0 Å². The van der Waals surface area contributed by atoms with Crippen LogP contribution in [0, 0.1) is 6.92 Å². The molecule has 0 unspecified atom stereocenters. The van der Waals surface area contributed by atoms with Crippen LogP contribution < -0.4 is 10.6 Å². The standard InChI is InChI=1S/C11H20N4O/c1-4-12-10-8-11(15-9(3)14-10)13-6-7-16-5-2/h8H,4-7H2,1-3H3,(H2,12,13,14,15). The summed E-state index contributed by atoms with van der Waals surface area (Å²) in [6, 6.07) is 1.91. The SMILES string of the molecule is CCNc1cc(NCCOCC)nc(C)n1. The van der Waals surface area contributed by atoms with Gasteiger partial charge in [-0.15, -0.1) is 0 Å². The molecule has 0 saturated carbocycles. The zero-order chi connectivity index (χ0) is 11.8. The summed E-state index contributed by atoms with van der Waals surface area (Å²) in [6.45, 7) is 8.96. The molecule has 16 heavy (non-hydrogen) atoms. The van der Waals surface area contributed by atoms with Gasteiger partial charge in [-0.05, 0) is 20.8 Å². The van der Waals surface area contributed by atoms with E-state index in [0.29, 0.717) is 6.61 Å². The van der Waals surface area contributed by atoms with E-state index in [0.717, 1.165) is 37.2 Å². The molecule has 2 N–H and O–H groups in total. The van der Waals surface area contributed by atoms with Crippen LogP contribution in [0.1, 0.15) is 19.7 Å². The van der Waals surface area contributed by atoms with Crippen LogP contribution in [0.15, 0.2) is 6.07 Å². The van der Waals surface area contributed by atoms with Crippen LogP contribution in [0.2, 0.25) is 0 Å². The van der Waals surface area contributed by atoms with Gasteiger partial charge in [0.25, 0.3) is 0 Å². The molecule has 90 valence electrons. The monoisotopic (exact) mass is 224 g/mol. The smallest absolute Gasteiger partial charge is 0.131 e. The van der Waals surface area contributed by atoms with E-state index in [9.17, 15) is 0 Å². The molecule has 0 aliphatic rings. The summed E-state index contributed by atoms with van der Waals surface area (Å²) < 4.78 is 5.24. The summed E-state index contributed by atoms with van der Waals surface area (Å²) in [6.07, 6.45) is 0. The van der Waals surface area contributed by atoms with E-state index in [1.807, 2.05) is 26.8 Å². The molecule has 1 rings (SSSR count). The molecule has 0 radical (unpaired) electrons. The molecule has 5 heteroatoms. The Balaban J connectivity index is 2.51. The van der Waals surface area contributed by atoms with Crippen molar-refractivity contribution in [1.82, 2.24) is 9.97 Å². The molecular formula is C11H20N4O. The predicted octanol–water partition coefficient (Wildman–Crippen LogP) is 1.67. The van der Waals surface area contributed by atoms with E-state index in [4.69, 9.17) is 4.74 Å². The summed E-state index contributed by atoms with van der Waals surface area (Å²) >= 11 is 0. The van der Waals surface area contributed by atoms with Crippen LogP contribution in [0.3, 0.4) is 0 Å². The fraction of sp³-hybridized carbons (Fsp3) is 0.636. The Hall–Kier alpha value is -1.36. The molecule has 1 aromatic heterocycles. The average molecular weight is 224 g/mol. The summed E-state index contributed by atoms with van der Waals surface area (Å²) in [5, 5.41) is 6.37. The topological polar surface area (TPSA) is 59.1 Å². The molecule has 0 fully saturated rings. The maximum absolute atomic E-state index is 5.24. The highest BCUT2D eigenvalue weighted by Crippen LogP contribution is 2.10. The number of hydrogen-bond donors (Lipinski definition) is 2. The van der Waals surface area contributed by atoms with Gasteiger partial charge in [-0.25, -0.2) is 9.97 Å². The van der Waals surface area contributed by atoms with Gasteiger partial charge >= 0.3 is 0 Å².